The number of ether oxygens (including phenoxy) is 2. The van der Waals surface area contributed by atoms with Gasteiger partial charge in [0.25, 0.3) is 11.8 Å². The number of hydrogen-bond donors (Lipinski definition) is 1. The monoisotopic (exact) mass is 471 g/mol. The maximum absolute atomic E-state index is 13.0. The van der Waals surface area contributed by atoms with Crippen molar-refractivity contribution in [1.82, 2.24) is 15.3 Å². The summed E-state index contributed by atoms with van der Waals surface area (Å²) in [6.45, 7) is 12.1. The summed E-state index contributed by atoms with van der Waals surface area (Å²) < 4.78 is 10.5. The lowest BCUT2D eigenvalue weighted by Crippen LogP contribution is -2.56. The van der Waals surface area contributed by atoms with Crippen LogP contribution in [0.4, 0.5) is 9.59 Å². The van der Waals surface area contributed by atoms with Crippen LogP contribution in [0.15, 0.2) is 0 Å². The number of nitrogens with one attached hydrogen (secondary N) is 1. The van der Waals surface area contributed by atoms with Gasteiger partial charge in [0.1, 0.15) is 16.7 Å². The average Bonchev–Trinajstić information content (AvgIpc) is 2.96. The molecule has 1 atom stereocenters. The number of likely N-dealkylation sites (N-methyl/N-ethyl adjacent to an activating group) is 1. The Bertz CT molecular complexity index is 753. The minimum Gasteiger partial charge on any atom is -0.444 e. The summed E-state index contributed by atoms with van der Waals surface area (Å²) >= 11 is 0. The van der Waals surface area contributed by atoms with Crippen molar-refractivity contribution in [3.8, 4) is 0 Å². The van der Waals surface area contributed by atoms with Gasteiger partial charge < -0.3 is 19.6 Å². The molecular weight excluding hydrogens is 434 g/mol. The highest BCUT2D eigenvalue weighted by Gasteiger charge is 2.46. The Kier molecular flexibility index (Phi) is 9.26. The molecule has 1 saturated heterocycles. The van der Waals surface area contributed by atoms with E-state index in [9.17, 15) is 24.0 Å². The molecule has 1 N–H and O–H groups in total. The molecule has 4 amide bonds. The molecule has 1 heterocycles. The quantitative estimate of drug-likeness (QED) is 0.422. The van der Waals surface area contributed by atoms with Gasteiger partial charge in [-0.3, -0.25) is 14.5 Å². The molecule has 1 aliphatic heterocycles. The van der Waals surface area contributed by atoms with Crippen LogP contribution in [-0.2, 0) is 28.7 Å². The molecule has 0 aromatic carbocycles. The zero-order valence-electron chi connectivity index (χ0n) is 20.9. The van der Waals surface area contributed by atoms with Crippen LogP contribution in [0.25, 0.3) is 0 Å². The molecule has 0 aliphatic carbocycles. The number of unbranched alkanes of at least 4 members (excludes halogenated alkanes) is 1. The highest BCUT2D eigenvalue weighted by Crippen LogP contribution is 2.27. The Morgan fingerprint density at radius 2 is 1.42 bits per heavy atom. The van der Waals surface area contributed by atoms with Crippen molar-refractivity contribution >= 4 is 30.0 Å². The average molecular weight is 472 g/mol. The lowest BCUT2D eigenvalue weighted by atomic mass is 9.93. The Morgan fingerprint density at radius 3 is 1.91 bits per heavy atom. The molecule has 0 bridgehead atoms. The van der Waals surface area contributed by atoms with Crippen molar-refractivity contribution in [2.45, 2.75) is 97.3 Å². The molecule has 1 unspecified atom stereocenters. The molecule has 0 radical (unpaired) electrons. The standard InChI is InChI=1S/C22H37N3O8/c1-20(2,3)31-18(29)23-14-10-9-13-22(7,24(8)19(30)32-21(4,5)6)17(28)33-25-15(26)11-12-16(25)27/h9-14H2,1-8H3,(H,23,29). The number of hydrogen-bond acceptors (Lipinski definition) is 8. The van der Waals surface area contributed by atoms with E-state index in [0.717, 1.165) is 4.90 Å². The first-order chi connectivity index (χ1) is 15.0. The van der Waals surface area contributed by atoms with Gasteiger partial charge in [0.2, 0.25) is 0 Å². The van der Waals surface area contributed by atoms with Gasteiger partial charge in [-0.15, -0.1) is 5.06 Å². The Balaban J connectivity index is 2.85. The number of hydroxylamine groups is 2. The van der Waals surface area contributed by atoms with Crippen molar-refractivity contribution in [2.75, 3.05) is 13.6 Å². The largest absolute Gasteiger partial charge is 0.444 e. The van der Waals surface area contributed by atoms with Gasteiger partial charge in [-0.05, 0) is 67.7 Å². The van der Waals surface area contributed by atoms with E-state index >= 15 is 0 Å². The molecule has 0 aromatic rings. The third kappa shape index (κ3) is 8.89. The smallest absolute Gasteiger partial charge is 0.410 e. The second-order valence-electron chi connectivity index (χ2n) is 10.2. The van der Waals surface area contributed by atoms with Gasteiger partial charge in [-0.1, -0.05) is 0 Å². The zero-order valence-corrected chi connectivity index (χ0v) is 20.9. The van der Waals surface area contributed by atoms with Crippen molar-refractivity contribution in [3.63, 3.8) is 0 Å². The molecule has 11 nitrogen and oxygen atoms in total. The van der Waals surface area contributed by atoms with E-state index in [1.807, 2.05) is 0 Å². The summed E-state index contributed by atoms with van der Waals surface area (Å²) in [6, 6.07) is 0. The molecule has 0 spiro atoms. The molecule has 188 valence electrons. The van der Waals surface area contributed by atoms with E-state index in [1.54, 1.807) is 41.5 Å². The van der Waals surface area contributed by atoms with Crippen LogP contribution in [0.1, 0.15) is 80.6 Å². The first-order valence-corrected chi connectivity index (χ1v) is 11.0. The van der Waals surface area contributed by atoms with Crippen molar-refractivity contribution in [1.29, 1.82) is 0 Å². The van der Waals surface area contributed by atoms with Crippen molar-refractivity contribution in [2.24, 2.45) is 0 Å². The number of imide groups is 1. The highest BCUT2D eigenvalue weighted by atomic mass is 16.7. The Labute approximate surface area is 195 Å². The second kappa shape index (κ2) is 10.8. The first kappa shape index (κ1) is 28.2. The summed E-state index contributed by atoms with van der Waals surface area (Å²) in [5.41, 5.74) is -2.95. The Hall–Kier alpha value is -2.85. The van der Waals surface area contributed by atoms with Crippen LogP contribution >= 0.6 is 0 Å². The molecule has 11 heteroatoms. The van der Waals surface area contributed by atoms with Gasteiger partial charge in [-0.25, -0.2) is 14.4 Å². The summed E-state index contributed by atoms with van der Waals surface area (Å²) in [4.78, 5) is 67.4. The number of nitrogens with zero attached hydrogens (tertiary/aromatic N) is 2. The number of carbonyl (C=O) groups is 5. The summed E-state index contributed by atoms with van der Waals surface area (Å²) in [5.74, 6) is -2.16. The number of rotatable bonds is 8. The predicted octanol–water partition coefficient (Wildman–Crippen LogP) is 2.91. The number of alkyl carbamates (subject to hydrolysis) is 1. The summed E-state index contributed by atoms with van der Waals surface area (Å²) in [7, 11) is 1.39. The fraction of sp³-hybridized carbons (Fsp3) is 0.773. The van der Waals surface area contributed by atoms with Gasteiger partial charge in [0, 0.05) is 26.4 Å². The van der Waals surface area contributed by atoms with E-state index in [0.29, 0.717) is 24.4 Å². The highest BCUT2D eigenvalue weighted by molar-refractivity contribution is 6.02. The van der Waals surface area contributed by atoms with Crippen LogP contribution in [0.3, 0.4) is 0 Å². The molecule has 33 heavy (non-hydrogen) atoms. The molecule has 0 aromatic heterocycles. The van der Waals surface area contributed by atoms with Crippen molar-refractivity contribution < 1.29 is 38.3 Å². The SMILES string of the molecule is CN(C(=O)OC(C)(C)C)C(C)(CCCCNC(=O)OC(C)(C)C)C(=O)ON1C(=O)CCC1=O. The van der Waals surface area contributed by atoms with E-state index < -0.39 is 46.7 Å². The Morgan fingerprint density at radius 1 is 0.909 bits per heavy atom. The minimum atomic E-state index is -1.53. The summed E-state index contributed by atoms with van der Waals surface area (Å²) in [5, 5.41) is 3.08. The molecule has 1 fully saturated rings. The van der Waals surface area contributed by atoms with Gasteiger partial charge in [0.15, 0.2) is 0 Å². The third-order valence-electron chi connectivity index (χ3n) is 4.79. The van der Waals surface area contributed by atoms with Crippen molar-refractivity contribution in [3.05, 3.63) is 0 Å². The lowest BCUT2D eigenvalue weighted by molar-refractivity contribution is -0.205. The van der Waals surface area contributed by atoms with Crippen LogP contribution in [0.2, 0.25) is 0 Å². The summed E-state index contributed by atoms with van der Waals surface area (Å²) in [6.07, 6.45) is -0.368. The van der Waals surface area contributed by atoms with Crippen LogP contribution in [0, 0.1) is 0 Å². The lowest BCUT2D eigenvalue weighted by Gasteiger charge is -2.37. The van der Waals surface area contributed by atoms with Gasteiger partial charge in [0.05, 0.1) is 0 Å². The fourth-order valence-electron chi connectivity index (χ4n) is 2.88. The third-order valence-corrected chi connectivity index (χ3v) is 4.79. The zero-order chi connectivity index (χ0) is 25.6. The maximum atomic E-state index is 13.0. The van der Waals surface area contributed by atoms with E-state index in [-0.39, 0.29) is 19.3 Å². The number of carbonyl (C=O) groups excluding carboxylic acids is 5. The molecular formula is C22H37N3O8. The van der Waals surface area contributed by atoms with Crippen LogP contribution in [-0.4, -0.2) is 70.3 Å². The van der Waals surface area contributed by atoms with E-state index in [2.05, 4.69) is 5.32 Å². The minimum absolute atomic E-state index is 0.0406. The normalized spacial score (nSPS) is 16.2. The predicted molar refractivity (Wildman–Crippen MR) is 118 cm³/mol. The molecule has 1 aliphatic rings. The second-order valence-corrected chi connectivity index (χ2v) is 10.2. The molecule has 0 saturated carbocycles. The first-order valence-electron chi connectivity index (χ1n) is 11.0. The topological polar surface area (TPSA) is 132 Å². The fourth-order valence-corrected chi connectivity index (χ4v) is 2.88. The van der Waals surface area contributed by atoms with E-state index in [4.69, 9.17) is 14.3 Å². The van der Waals surface area contributed by atoms with Crippen LogP contribution < -0.4 is 5.32 Å². The van der Waals surface area contributed by atoms with Crippen LogP contribution in [0.5, 0.6) is 0 Å². The maximum Gasteiger partial charge on any atom is 0.410 e. The van der Waals surface area contributed by atoms with E-state index in [1.165, 1.54) is 14.0 Å². The molecule has 1 rings (SSSR count). The van der Waals surface area contributed by atoms with Gasteiger partial charge >= 0.3 is 18.2 Å². The van der Waals surface area contributed by atoms with Gasteiger partial charge in [-0.2, -0.15) is 0 Å². The number of amides is 4.